The van der Waals surface area contributed by atoms with Crippen LogP contribution in [0.1, 0.15) is 30.9 Å². The number of unbranched alkanes of at least 4 members (excludes halogenated alkanes) is 1. The molecule has 0 fully saturated rings. The molecule has 0 saturated carbocycles. The third kappa shape index (κ3) is 7.71. The number of aliphatic imine (C=N–C) groups is 1. The fourth-order valence-corrected chi connectivity index (χ4v) is 2.55. The summed E-state index contributed by atoms with van der Waals surface area (Å²) >= 11 is 1.90. The molecule has 0 aliphatic rings. The minimum absolute atomic E-state index is 0.662. The standard InChI is InChI=1S/C17H29N3OS/c1-4-21-14-16-10-6-5-9-15(16)13-20-17(18-2)19-11-7-8-12-22-3/h5-6,9-10H,4,7-8,11-14H2,1-3H3,(H2,18,19,20). The second-order valence-electron chi connectivity index (χ2n) is 4.96. The molecule has 0 aromatic heterocycles. The molecule has 1 rings (SSSR count). The Balaban J connectivity index is 2.39. The molecule has 124 valence electrons. The molecule has 1 aromatic rings. The summed E-state index contributed by atoms with van der Waals surface area (Å²) in [5.74, 6) is 2.08. The Labute approximate surface area is 139 Å². The summed E-state index contributed by atoms with van der Waals surface area (Å²) in [7, 11) is 1.81. The summed E-state index contributed by atoms with van der Waals surface area (Å²) in [4.78, 5) is 4.27. The van der Waals surface area contributed by atoms with Gasteiger partial charge in [0.25, 0.3) is 0 Å². The van der Waals surface area contributed by atoms with Gasteiger partial charge in [0.1, 0.15) is 0 Å². The number of hydrogen-bond donors (Lipinski definition) is 2. The van der Waals surface area contributed by atoms with Crippen LogP contribution in [0.2, 0.25) is 0 Å². The van der Waals surface area contributed by atoms with Crippen LogP contribution in [0.15, 0.2) is 29.3 Å². The zero-order valence-corrected chi connectivity index (χ0v) is 14.8. The number of ether oxygens (including phenoxy) is 1. The minimum atomic E-state index is 0.662. The van der Waals surface area contributed by atoms with Crippen LogP contribution in [-0.2, 0) is 17.9 Å². The molecular formula is C17H29N3OS. The number of nitrogens with one attached hydrogen (secondary N) is 2. The van der Waals surface area contributed by atoms with Crippen LogP contribution in [0.5, 0.6) is 0 Å². The number of guanidine groups is 1. The van der Waals surface area contributed by atoms with Crippen molar-refractivity contribution in [3.05, 3.63) is 35.4 Å². The summed E-state index contributed by atoms with van der Waals surface area (Å²) in [5, 5.41) is 6.73. The van der Waals surface area contributed by atoms with Crippen molar-refractivity contribution in [1.29, 1.82) is 0 Å². The highest BCUT2D eigenvalue weighted by molar-refractivity contribution is 7.98. The lowest BCUT2D eigenvalue weighted by Gasteiger charge is -2.14. The second-order valence-corrected chi connectivity index (χ2v) is 5.94. The molecule has 0 aliphatic carbocycles. The quantitative estimate of drug-likeness (QED) is 0.395. The van der Waals surface area contributed by atoms with Crippen molar-refractivity contribution >= 4 is 17.7 Å². The highest BCUT2D eigenvalue weighted by Gasteiger charge is 2.03. The number of rotatable bonds is 10. The Morgan fingerprint density at radius 1 is 1.18 bits per heavy atom. The average Bonchev–Trinajstić information content (AvgIpc) is 2.56. The number of nitrogens with zero attached hydrogens (tertiary/aromatic N) is 1. The van der Waals surface area contributed by atoms with Gasteiger partial charge in [0, 0.05) is 26.7 Å². The Hall–Kier alpha value is -1.20. The molecule has 0 unspecified atom stereocenters. The van der Waals surface area contributed by atoms with Gasteiger partial charge in [-0.1, -0.05) is 24.3 Å². The number of benzene rings is 1. The van der Waals surface area contributed by atoms with Crippen LogP contribution in [0.4, 0.5) is 0 Å². The first kappa shape index (κ1) is 18.8. The molecule has 22 heavy (non-hydrogen) atoms. The molecule has 2 N–H and O–H groups in total. The van der Waals surface area contributed by atoms with E-state index in [0.29, 0.717) is 6.61 Å². The van der Waals surface area contributed by atoms with Crippen LogP contribution in [0.3, 0.4) is 0 Å². The van der Waals surface area contributed by atoms with Crippen LogP contribution in [-0.4, -0.2) is 38.2 Å². The van der Waals surface area contributed by atoms with E-state index in [1.165, 1.54) is 29.7 Å². The summed E-state index contributed by atoms with van der Waals surface area (Å²) in [6.45, 7) is 5.13. The summed E-state index contributed by atoms with van der Waals surface area (Å²) in [6.07, 6.45) is 4.55. The normalized spacial score (nSPS) is 11.5. The van der Waals surface area contributed by atoms with Crippen molar-refractivity contribution in [3.8, 4) is 0 Å². The second kappa shape index (κ2) is 12.4. The predicted octanol–water partition coefficient (Wildman–Crippen LogP) is 3.03. The van der Waals surface area contributed by atoms with Gasteiger partial charge in [0.05, 0.1) is 6.61 Å². The SMILES string of the molecule is CCOCc1ccccc1CNC(=NC)NCCCCSC. The van der Waals surface area contributed by atoms with Crippen molar-refractivity contribution in [1.82, 2.24) is 10.6 Å². The average molecular weight is 324 g/mol. The van der Waals surface area contributed by atoms with E-state index in [1.54, 1.807) is 0 Å². The monoisotopic (exact) mass is 323 g/mol. The van der Waals surface area contributed by atoms with Crippen LogP contribution < -0.4 is 10.6 Å². The Kier molecular flexibility index (Phi) is 10.6. The highest BCUT2D eigenvalue weighted by Crippen LogP contribution is 2.09. The number of thioether (sulfide) groups is 1. The lowest BCUT2D eigenvalue weighted by molar-refractivity contribution is 0.133. The smallest absolute Gasteiger partial charge is 0.191 e. The van der Waals surface area contributed by atoms with E-state index >= 15 is 0 Å². The van der Waals surface area contributed by atoms with Crippen molar-refractivity contribution in [3.63, 3.8) is 0 Å². The summed E-state index contributed by atoms with van der Waals surface area (Å²) in [5.41, 5.74) is 2.48. The van der Waals surface area contributed by atoms with Crippen LogP contribution >= 0.6 is 11.8 Å². The number of hydrogen-bond acceptors (Lipinski definition) is 3. The van der Waals surface area contributed by atoms with Gasteiger partial charge >= 0.3 is 0 Å². The van der Waals surface area contributed by atoms with Gasteiger partial charge < -0.3 is 15.4 Å². The first-order valence-corrected chi connectivity index (χ1v) is 9.29. The minimum Gasteiger partial charge on any atom is -0.377 e. The Morgan fingerprint density at radius 3 is 2.64 bits per heavy atom. The molecule has 0 saturated heterocycles. The molecular weight excluding hydrogens is 294 g/mol. The van der Waals surface area contributed by atoms with Gasteiger partial charge in [0.2, 0.25) is 0 Å². The van der Waals surface area contributed by atoms with Crippen LogP contribution in [0.25, 0.3) is 0 Å². The Morgan fingerprint density at radius 2 is 1.95 bits per heavy atom. The zero-order valence-electron chi connectivity index (χ0n) is 14.0. The van der Waals surface area contributed by atoms with E-state index in [0.717, 1.165) is 25.7 Å². The van der Waals surface area contributed by atoms with E-state index in [1.807, 2.05) is 25.7 Å². The van der Waals surface area contributed by atoms with Gasteiger partial charge in [-0.25, -0.2) is 0 Å². The third-order valence-electron chi connectivity index (χ3n) is 3.32. The molecule has 0 amide bonds. The maximum absolute atomic E-state index is 5.52. The van der Waals surface area contributed by atoms with Gasteiger partial charge in [-0.15, -0.1) is 0 Å². The topological polar surface area (TPSA) is 45.6 Å². The molecule has 0 atom stereocenters. The van der Waals surface area contributed by atoms with Crippen molar-refractivity contribution in [2.45, 2.75) is 32.9 Å². The lowest BCUT2D eigenvalue weighted by Crippen LogP contribution is -2.37. The largest absolute Gasteiger partial charge is 0.377 e. The van der Waals surface area contributed by atoms with E-state index in [-0.39, 0.29) is 0 Å². The van der Waals surface area contributed by atoms with Crippen LogP contribution in [0, 0.1) is 0 Å². The van der Waals surface area contributed by atoms with Gasteiger partial charge in [-0.05, 0) is 42.9 Å². The van der Waals surface area contributed by atoms with E-state index in [4.69, 9.17) is 4.74 Å². The van der Waals surface area contributed by atoms with Gasteiger partial charge in [-0.3, -0.25) is 4.99 Å². The van der Waals surface area contributed by atoms with Crippen molar-refractivity contribution in [2.24, 2.45) is 4.99 Å². The highest BCUT2D eigenvalue weighted by atomic mass is 32.2. The first-order valence-electron chi connectivity index (χ1n) is 7.89. The van der Waals surface area contributed by atoms with Gasteiger partial charge in [0.15, 0.2) is 5.96 Å². The summed E-state index contributed by atoms with van der Waals surface area (Å²) in [6, 6.07) is 8.36. The van der Waals surface area contributed by atoms with E-state index < -0.39 is 0 Å². The molecule has 1 aromatic carbocycles. The fraction of sp³-hybridized carbons (Fsp3) is 0.588. The predicted molar refractivity (Wildman–Crippen MR) is 97.6 cm³/mol. The molecule has 4 nitrogen and oxygen atoms in total. The Bertz CT molecular complexity index is 438. The molecule has 0 heterocycles. The van der Waals surface area contributed by atoms with Gasteiger partial charge in [-0.2, -0.15) is 11.8 Å². The molecule has 0 radical (unpaired) electrons. The molecule has 0 bridgehead atoms. The summed E-state index contributed by atoms with van der Waals surface area (Å²) < 4.78 is 5.52. The first-order chi connectivity index (χ1) is 10.8. The van der Waals surface area contributed by atoms with E-state index in [2.05, 4.69) is 46.1 Å². The third-order valence-corrected chi connectivity index (χ3v) is 4.01. The maximum atomic E-state index is 5.52. The zero-order chi connectivity index (χ0) is 16.0. The van der Waals surface area contributed by atoms with Crippen molar-refractivity contribution in [2.75, 3.05) is 32.2 Å². The molecule has 5 heteroatoms. The fourth-order valence-electron chi connectivity index (χ4n) is 2.06. The molecule has 0 aliphatic heterocycles. The van der Waals surface area contributed by atoms with E-state index in [9.17, 15) is 0 Å². The lowest BCUT2D eigenvalue weighted by atomic mass is 10.1. The van der Waals surface area contributed by atoms with Crippen molar-refractivity contribution < 1.29 is 4.74 Å². The maximum Gasteiger partial charge on any atom is 0.191 e. The molecule has 0 spiro atoms.